The summed E-state index contributed by atoms with van der Waals surface area (Å²) in [4.78, 5) is 13.4. The standard InChI is InChI=1S/C21H26N2O2/c1-16(23-12-3-2-4-13-23)17-8-10-18(11-9-17)19-6-5-7-20(14-19)25-15-21(22)24/h5-11,14,16H,2-4,12-13,15H2,1H3,(H2,22,24). The van der Waals surface area contributed by atoms with Gasteiger partial charge >= 0.3 is 0 Å². The average Bonchev–Trinajstić information content (AvgIpc) is 2.67. The molecule has 0 radical (unpaired) electrons. The summed E-state index contributed by atoms with van der Waals surface area (Å²) in [6.45, 7) is 4.58. The molecule has 132 valence electrons. The van der Waals surface area contributed by atoms with Crippen LogP contribution in [0.4, 0.5) is 0 Å². The molecule has 3 rings (SSSR count). The minimum Gasteiger partial charge on any atom is -0.484 e. The van der Waals surface area contributed by atoms with Gasteiger partial charge in [0.25, 0.3) is 5.91 Å². The van der Waals surface area contributed by atoms with Gasteiger partial charge in [0.2, 0.25) is 0 Å². The van der Waals surface area contributed by atoms with Crippen LogP contribution in [-0.2, 0) is 4.79 Å². The van der Waals surface area contributed by atoms with Crippen LogP contribution in [0.2, 0.25) is 0 Å². The molecule has 0 bridgehead atoms. The fourth-order valence-electron chi connectivity index (χ4n) is 3.39. The number of benzene rings is 2. The van der Waals surface area contributed by atoms with E-state index >= 15 is 0 Å². The predicted molar refractivity (Wildman–Crippen MR) is 100 cm³/mol. The highest BCUT2D eigenvalue weighted by Gasteiger charge is 2.17. The molecule has 2 aromatic carbocycles. The lowest BCUT2D eigenvalue weighted by molar-refractivity contribution is -0.119. The Morgan fingerprint density at radius 2 is 1.80 bits per heavy atom. The molecule has 1 amide bonds. The van der Waals surface area contributed by atoms with E-state index < -0.39 is 5.91 Å². The summed E-state index contributed by atoms with van der Waals surface area (Å²) in [5, 5.41) is 0. The number of carbonyl (C=O) groups is 1. The summed E-state index contributed by atoms with van der Waals surface area (Å²) < 4.78 is 5.39. The van der Waals surface area contributed by atoms with Crippen LogP contribution >= 0.6 is 0 Å². The fraction of sp³-hybridized carbons (Fsp3) is 0.381. The Labute approximate surface area is 149 Å². The zero-order valence-electron chi connectivity index (χ0n) is 14.8. The normalized spacial score (nSPS) is 16.4. The molecule has 2 aromatic rings. The lowest BCUT2D eigenvalue weighted by Crippen LogP contribution is -2.32. The van der Waals surface area contributed by atoms with Crippen molar-refractivity contribution < 1.29 is 9.53 Å². The number of primary amides is 1. The highest BCUT2D eigenvalue weighted by Crippen LogP contribution is 2.28. The van der Waals surface area contributed by atoms with Crippen molar-refractivity contribution in [1.82, 2.24) is 4.90 Å². The minimum atomic E-state index is -0.471. The smallest absolute Gasteiger partial charge is 0.255 e. The Hall–Kier alpha value is -2.33. The molecule has 1 heterocycles. The lowest BCUT2D eigenvalue weighted by Gasteiger charge is -2.32. The number of hydrogen-bond acceptors (Lipinski definition) is 3. The first-order valence-corrected chi connectivity index (χ1v) is 8.99. The van der Waals surface area contributed by atoms with Gasteiger partial charge in [-0.3, -0.25) is 9.69 Å². The topological polar surface area (TPSA) is 55.6 Å². The van der Waals surface area contributed by atoms with Gasteiger partial charge in [-0.15, -0.1) is 0 Å². The zero-order chi connectivity index (χ0) is 17.6. The van der Waals surface area contributed by atoms with Crippen molar-refractivity contribution in [3.63, 3.8) is 0 Å². The quantitative estimate of drug-likeness (QED) is 0.872. The maximum Gasteiger partial charge on any atom is 0.255 e. The largest absolute Gasteiger partial charge is 0.484 e. The van der Waals surface area contributed by atoms with Crippen LogP contribution in [0, 0.1) is 0 Å². The Bertz CT molecular complexity index is 706. The first-order chi connectivity index (χ1) is 12.1. The SMILES string of the molecule is CC(c1ccc(-c2cccc(OCC(N)=O)c2)cc1)N1CCCCC1. The van der Waals surface area contributed by atoms with Gasteiger partial charge in [-0.2, -0.15) is 0 Å². The van der Waals surface area contributed by atoms with Crippen molar-refractivity contribution in [2.24, 2.45) is 5.73 Å². The fourth-order valence-corrected chi connectivity index (χ4v) is 3.39. The molecule has 1 aliphatic rings. The van der Waals surface area contributed by atoms with Crippen LogP contribution in [0.15, 0.2) is 48.5 Å². The second-order valence-corrected chi connectivity index (χ2v) is 6.68. The third kappa shape index (κ3) is 4.60. The summed E-state index contributed by atoms with van der Waals surface area (Å²) in [5.41, 5.74) is 8.69. The van der Waals surface area contributed by atoms with Gasteiger partial charge in [0.15, 0.2) is 6.61 Å². The number of nitrogens with two attached hydrogens (primary N) is 1. The van der Waals surface area contributed by atoms with Gasteiger partial charge in [-0.05, 0) is 61.7 Å². The van der Waals surface area contributed by atoms with Crippen LogP contribution < -0.4 is 10.5 Å². The molecule has 25 heavy (non-hydrogen) atoms. The second-order valence-electron chi connectivity index (χ2n) is 6.68. The predicted octanol–water partition coefficient (Wildman–Crippen LogP) is 3.76. The van der Waals surface area contributed by atoms with Gasteiger partial charge in [-0.1, -0.05) is 42.8 Å². The third-order valence-corrected chi connectivity index (χ3v) is 4.88. The van der Waals surface area contributed by atoms with E-state index in [1.807, 2.05) is 24.3 Å². The second kappa shape index (κ2) is 8.17. The molecule has 0 spiro atoms. The van der Waals surface area contributed by atoms with Crippen molar-refractivity contribution in [1.29, 1.82) is 0 Å². The van der Waals surface area contributed by atoms with Crippen molar-refractivity contribution in [2.75, 3.05) is 19.7 Å². The Morgan fingerprint density at radius 1 is 1.08 bits per heavy atom. The minimum absolute atomic E-state index is 0.101. The molecule has 2 N–H and O–H groups in total. The summed E-state index contributed by atoms with van der Waals surface area (Å²) in [5.74, 6) is 0.184. The van der Waals surface area contributed by atoms with Crippen LogP contribution in [-0.4, -0.2) is 30.5 Å². The molecule has 1 aliphatic heterocycles. The molecule has 0 aromatic heterocycles. The monoisotopic (exact) mass is 338 g/mol. The molecule has 1 saturated heterocycles. The van der Waals surface area contributed by atoms with Crippen molar-refractivity contribution in [2.45, 2.75) is 32.2 Å². The van der Waals surface area contributed by atoms with Gasteiger partial charge in [0, 0.05) is 6.04 Å². The van der Waals surface area contributed by atoms with E-state index in [1.165, 1.54) is 37.9 Å². The maximum absolute atomic E-state index is 10.9. The number of nitrogens with zero attached hydrogens (tertiary/aromatic N) is 1. The molecular formula is C21H26N2O2. The maximum atomic E-state index is 10.9. The van der Waals surface area contributed by atoms with Crippen molar-refractivity contribution in [3.05, 3.63) is 54.1 Å². The van der Waals surface area contributed by atoms with Gasteiger partial charge in [-0.25, -0.2) is 0 Å². The summed E-state index contributed by atoms with van der Waals surface area (Å²) in [6.07, 6.45) is 3.97. The van der Waals surface area contributed by atoms with E-state index in [-0.39, 0.29) is 6.61 Å². The number of carbonyl (C=O) groups excluding carboxylic acids is 1. The number of hydrogen-bond donors (Lipinski definition) is 1. The number of likely N-dealkylation sites (tertiary alicyclic amines) is 1. The van der Waals surface area contributed by atoms with E-state index in [0.717, 1.165) is 11.1 Å². The number of amides is 1. The number of rotatable bonds is 6. The lowest BCUT2D eigenvalue weighted by atomic mass is 9.99. The van der Waals surface area contributed by atoms with Crippen LogP contribution in [0.1, 0.15) is 37.8 Å². The number of ether oxygens (including phenoxy) is 1. The first-order valence-electron chi connectivity index (χ1n) is 8.99. The molecule has 1 atom stereocenters. The van der Waals surface area contributed by atoms with Crippen molar-refractivity contribution >= 4 is 5.91 Å². The molecule has 4 heteroatoms. The van der Waals surface area contributed by atoms with Gasteiger partial charge in [0.1, 0.15) is 5.75 Å². The Kier molecular flexibility index (Phi) is 5.71. The summed E-state index contributed by atoms with van der Waals surface area (Å²) >= 11 is 0. The molecule has 4 nitrogen and oxygen atoms in total. The van der Waals surface area contributed by atoms with E-state index in [9.17, 15) is 4.79 Å². The summed E-state index contributed by atoms with van der Waals surface area (Å²) in [7, 11) is 0. The van der Waals surface area contributed by atoms with Gasteiger partial charge < -0.3 is 10.5 Å². The first kappa shape index (κ1) is 17.5. The molecule has 1 fully saturated rings. The van der Waals surface area contributed by atoms with Crippen molar-refractivity contribution in [3.8, 4) is 16.9 Å². The highest BCUT2D eigenvalue weighted by molar-refractivity contribution is 5.75. The van der Waals surface area contributed by atoms with Crippen LogP contribution in [0.5, 0.6) is 5.75 Å². The number of piperidine rings is 1. The molecular weight excluding hydrogens is 312 g/mol. The highest BCUT2D eigenvalue weighted by atomic mass is 16.5. The van der Waals surface area contributed by atoms with E-state index in [0.29, 0.717) is 11.8 Å². The molecule has 1 unspecified atom stereocenters. The third-order valence-electron chi connectivity index (χ3n) is 4.88. The molecule has 0 saturated carbocycles. The summed E-state index contributed by atoms with van der Waals surface area (Å²) in [6, 6.07) is 16.9. The van der Waals surface area contributed by atoms with E-state index in [2.05, 4.69) is 36.1 Å². The van der Waals surface area contributed by atoms with E-state index in [4.69, 9.17) is 10.5 Å². The van der Waals surface area contributed by atoms with Crippen LogP contribution in [0.25, 0.3) is 11.1 Å². The van der Waals surface area contributed by atoms with Crippen LogP contribution in [0.3, 0.4) is 0 Å². The zero-order valence-corrected chi connectivity index (χ0v) is 14.8. The Balaban J connectivity index is 1.71. The average molecular weight is 338 g/mol. The van der Waals surface area contributed by atoms with Gasteiger partial charge in [0.05, 0.1) is 0 Å². The molecule has 0 aliphatic carbocycles. The van der Waals surface area contributed by atoms with E-state index in [1.54, 1.807) is 0 Å². The Morgan fingerprint density at radius 3 is 2.48 bits per heavy atom.